The molecular weight excluding hydrogens is 452 g/mol. The maximum absolute atomic E-state index is 13.4. The molecule has 0 radical (unpaired) electrons. The molecule has 0 aliphatic carbocycles. The number of carbonyl (C=O) groups is 3. The number of halogens is 1. The molecule has 3 N–H and O–H groups in total. The molecule has 168 valence electrons. The Morgan fingerprint density at radius 1 is 1.38 bits per heavy atom. The minimum atomic E-state index is -1.26. The van der Waals surface area contributed by atoms with Crippen LogP contribution in [0.1, 0.15) is 31.1 Å². The van der Waals surface area contributed by atoms with E-state index in [1.807, 2.05) is 6.07 Å². The van der Waals surface area contributed by atoms with E-state index < -0.39 is 23.6 Å². The number of ketones is 1. The van der Waals surface area contributed by atoms with E-state index in [1.54, 1.807) is 37.3 Å². The number of nitrogens with one attached hydrogen (secondary N) is 1. The van der Waals surface area contributed by atoms with Crippen molar-refractivity contribution in [2.24, 2.45) is 5.73 Å². The summed E-state index contributed by atoms with van der Waals surface area (Å²) < 4.78 is 5.26. The van der Waals surface area contributed by atoms with Crippen molar-refractivity contribution in [2.75, 3.05) is 13.1 Å². The van der Waals surface area contributed by atoms with Gasteiger partial charge < -0.3 is 20.7 Å². The second kappa shape index (κ2) is 9.36. The van der Waals surface area contributed by atoms with Gasteiger partial charge in [0.2, 0.25) is 5.91 Å². The summed E-state index contributed by atoms with van der Waals surface area (Å²) in [5.41, 5.74) is 5.80. The molecule has 3 rings (SSSR count). The van der Waals surface area contributed by atoms with E-state index in [0.717, 1.165) is 0 Å². The molecule has 0 bridgehead atoms. The highest BCUT2D eigenvalue weighted by Gasteiger charge is 2.40. The van der Waals surface area contributed by atoms with Crippen LogP contribution >= 0.6 is 23.4 Å². The van der Waals surface area contributed by atoms with E-state index in [2.05, 4.69) is 5.32 Å². The number of nitrogens with zero attached hydrogens (tertiary/aromatic N) is 2. The summed E-state index contributed by atoms with van der Waals surface area (Å²) in [5, 5.41) is 12.2. The molecule has 0 spiro atoms. The Bertz CT molecular complexity index is 1070. The standard InChI is InChI=1S/C22H23ClN4O4S/c1-12(25)19(29)26-20-17(18(28)13-6-4-5-7-15(13)23)14-8-9-27(10-16(14)32-20)21(30)31-22(2,3)11-24/h4-8,12,16H,9-10,25H2,1-3H3,(H,26,29). The summed E-state index contributed by atoms with van der Waals surface area (Å²) in [7, 11) is 0. The number of hydrogen-bond acceptors (Lipinski definition) is 7. The van der Waals surface area contributed by atoms with Crippen molar-refractivity contribution in [3.63, 3.8) is 0 Å². The van der Waals surface area contributed by atoms with Crippen LogP contribution < -0.4 is 11.1 Å². The van der Waals surface area contributed by atoms with Crippen LogP contribution in [0, 0.1) is 11.3 Å². The molecule has 0 aromatic heterocycles. The summed E-state index contributed by atoms with van der Waals surface area (Å²) in [5.74, 6) is -0.748. The molecule has 2 atom stereocenters. The zero-order chi connectivity index (χ0) is 23.6. The normalized spacial score (nSPS) is 18.9. The number of carbonyl (C=O) groups excluding carboxylic acids is 3. The number of rotatable bonds is 5. The molecule has 0 fully saturated rings. The second-order valence-electron chi connectivity index (χ2n) is 7.95. The molecular formula is C22H23ClN4O4S. The SMILES string of the molecule is CC(N)C(=O)NC1=C(C(=O)c2ccccc2Cl)C2=CCN(C(=O)OC(C)(C)C#N)CC2S1. The van der Waals surface area contributed by atoms with Crippen LogP contribution in [0.25, 0.3) is 0 Å². The monoisotopic (exact) mass is 474 g/mol. The molecule has 2 amide bonds. The first kappa shape index (κ1) is 23.9. The molecule has 2 aliphatic rings. The number of benzene rings is 1. The van der Waals surface area contributed by atoms with Crippen LogP contribution in [0.15, 0.2) is 46.5 Å². The number of amides is 2. The minimum absolute atomic E-state index is 0.195. The van der Waals surface area contributed by atoms with E-state index in [0.29, 0.717) is 26.8 Å². The highest BCUT2D eigenvalue weighted by atomic mass is 35.5. The van der Waals surface area contributed by atoms with Gasteiger partial charge in [0.25, 0.3) is 0 Å². The van der Waals surface area contributed by atoms with Gasteiger partial charge in [-0.25, -0.2) is 4.79 Å². The first-order valence-corrected chi connectivity index (χ1v) is 11.2. The lowest BCUT2D eigenvalue weighted by Gasteiger charge is -2.31. The van der Waals surface area contributed by atoms with Gasteiger partial charge in [-0.1, -0.05) is 41.6 Å². The molecule has 2 unspecified atom stereocenters. The largest absolute Gasteiger partial charge is 0.428 e. The Balaban J connectivity index is 1.92. The van der Waals surface area contributed by atoms with E-state index in [9.17, 15) is 14.4 Å². The number of ether oxygens (including phenoxy) is 1. The minimum Gasteiger partial charge on any atom is -0.428 e. The van der Waals surface area contributed by atoms with Crippen LogP contribution in [0.3, 0.4) is 0 Å². The van der Waals surface area contributed by atoms with Gasteiger partial charge in [0.15, 0.2) is 11.4 Å². The number of nitriles is 1. The Labute approximate surface area is 195 Å². The first-order valence-electron chi connectivity index (χ1n) is 9.90. The number of thioether (sulfide) groups is 1. The van der Waals surface area contributed by atoms with Crippen molar-refractivity contribution >= 4 is 41.1 Å². The average molecular weight is 475 g/mol. The van der Waals surface area contributed by atoms with Gasteiger partial charge in [-0.05, 0) is 38.5 Å². The lowest BCUT2D eigenvalue weighted by molar-refractivity contribution is -0.121. The fourth-order valence-electron chi connectivity index (χ4n) is 3.20. The molecule has 10 heteroatoms. The fourth-order valence-corrected chi connectivity index (χ4v) is 4.79. The Kier molecular flexibility index (Phi) is 6.98. The smallest absolute Gasteiger partial charge is 0.411 e. The van der Waals surface area contributed by atoms with Gasteiger partial charge in [-0.2, -0.15) is 5.26 Å². The van der Waals surface area contributed by atoms with Crippen molar-refractivity contribution in [1.82, 2.24) is 10.2 Å². The topological polar surface area (TPSA) is 126 Å². The summed E-state index contributed by atoms with van der Waals surface area (Å²) in [6, 6.07) is 7.84. The van der Waals surface area contributed by atoms with Gasteiger partial charge in [-0.15, -0.1) is 0 Å². The lowest BCUT2D eigenvalue weighted by atomic mass is 9.93. The zero-order valence-corrected chi connectivity index (χ0v) is 19.4. The van der Waals surface area contributed by atoms with Gasteiger partial charge in [0.1, 0.15) is 6.07 Å². The second-order valence-corrected chi connectivity index (χ2v) is 9.57. The van der Waals surface area contributed by atoms with E-state index >= 15 is 0 Å². The predicted molar refractivity (Wildman–Crippen MR) is 122 cm³/mol. The number of allylic oxidation sites excluding steroid dienone is 1. The third kappa shape index (κ3) is 4.99. The molecule has 8 nitrogen and oxygen atoms in total. The van der Waals surface area contributed by atoms with Crippen molar-refractivity contribution in [3.8, 4) is 6.07 Å². The average Bonchev–Trinajstić information content (AvgIpc) is 3.10. The maximum Gasteiger partial charge on any atom is 0.411 e. The van der Waals surface area contributed by atoms with E-state index in [1.165, 1.54) is 30.5 Å². The van der Waals surface area contributed by atoms with Crippen molar-refractivity contribution < 1.29 is 19.1 Å². The highest BCUT2D eigenvalue weighted by Crippen LogP contribution is 2.44. The molecule has 1 aromatic carbocycles. The van der Waals surface area contributed by atoms with Gasteiger partial charge in [0.05, 0.1) is 26.9 Å². The van der Waals surface area contributed by atoms with E-state index in [4.69, 9.17) is 27.3 Å². The summed E-state index contributed by atoms with van der Waals surface area (Å²) in [4.78, 5) is 39.7. The Morgan fingerprint density at radius 3 is 2.69 bits per heavy atom. The van der Waals surface area contributed by atoms with Gasteiger partial charge in [0, 0.05) is 18.7 Å². The zero-order valence-electron chi connectivity index (χ0n) is 17.8. The van der Waals surface area contributed by atoms with Crippen molar-refractivity contribution in [1.29, 1.82) is 5.26 Å². The third-order valence-electron chi connectivity index (χ3n) is 4.91. The molecule has 0 saturated carbocycles. The van der Waals surface area contributed by atoms with Crippen LogP contribution in [-0.4, -0.2) is 52.7 Å². The lowest BCUT2D eigenvalue weighted by Crippen LogP contribution is -2.43. The van der Waals surface area contributed by atoms with Gasteiger partial charge >= 0.3 is 6.09 Å². The molecule has 32 heavy (non-hydrogen) atoms. The Morgan fingerprint density at radius 2 is 2.06 bits per heavy atom. The van der Waals surface area contributed by atoms with Crippen molar-refractivity contribution in [2.45, 2.75) is 37.7 Å². The molecule has 0 saturated heterocycles. The van der Waals surface area contributed by atoms with Crippen LogP contribution in [-0.2, 0) is 9.53 Å². The fraction of sp³-hybridized carbons (Fsp3) is 0.364. The van der Waals surface area contributed by atoms with Crippen LogP contribution in [0.2, 0.25) is 5.02 Å². The maximum atomic E-state index is 13.4. The molecule has 2 heterocycles. The van der Waals surface area contributed by atoms with E-state index in [-0.39, 0.29) is 24.1 Å². The van der Waals surface area contributed by atoms with Gasteiger partial charge in [-0.3, -0.25) is 9.59 Å². The third-order valence-corrected chi connectivity index (χ3v) is 6.47. The number of fused-ring (bicyclic) bond motifs is 1. The summed E-state index contributed by atoms with van der Waals surface area (Å²) >= 11 is 7.51. The van der Waals surface area contributed by atoms with Crippen LogP contribution in [0.4, 0.5) is 4.79 Å². The summed E-state index contributed by atoms with van der Waals surface area (Å²) in [6.45, 7) is 4.99. The predicted octanol–water partition coefficient (Wildman–Crippen LogP) is 2.99. The van der Waals surface area contributed by atoms with Crippen LogP contribution in [0.5, 0.6) is 0 Å². The number of hydrogen-bond donors (Lipinski definition) is 2. The molecule has 1 aromatic rings. The number of nitrogens with two attached hydrogens (primary N) is 1. The molecule has 2 aliphatic heterocycles. The summed E-state index contributed by atoms with van der Waals surface area (Å²) in [6.07, 6.45) is 1.14. The first-order chi connectivity index (χ1) is 15.0. The Hall–Kier alpha value is -2.80. The number of Topliss-reactive ketones (excluding diaryl/α,β-unsaturated/α-hetero) is 1. The quantitative estimate of drug-likeness (QED) is 0.628. The van der Waals surface area contributed by atoms with Crippen molar-refractivity contribution in [3.05, 3.63) is 57.1 Å². The highest BCUT2D eigenvalue weighted by molar-refractivity contribution is 8.04.